The highest BCUT2D eigenvalue weighted by Gasteiger charge is 2.28. The first-order chi connectivity index (χ1) is 7.88. The molecule has 0 aromatic heterocycles. The van der Waals surface area contributed by atoms with Gasteiger partial charge < -0.3 is 4.74 Å². The molecule has 96 valence electrons. The average molecular weight is 248 g/mol. The normalized spacial score (nSPS) is 11.9. The number of benzene rings is 1. The molecule has 0 saturated carbocycles. The average Bonchev–Trinajstić information content (AvgIpc) is 2.24. The van der Waals surface area contributed by atoms with Crippen LogP contribution in [-0.4, -0.2) is 19.6 Å². The van der Waals surface area contributed by atoms with Gasteiger partial charge in [-0.2, -0.15) is 0 Å². The molecule has 5 heteroatoms. The van der Waals surface area contributed by atoms with Crippen LogP contribution in [0.25, 0.3) is 0 Å². The van der Waals surface area contributed by atoms with Crippen molar-refractivity contribution in [1.82, 2.24) is 0 Å². The van der Waals surface area contributed by atoms with E-state index < -0.39 is 13.0 Å². The number of rotatable bonds is 5. The van der Waals surface area contributed by atoms with Gasteiger partial charge in [-0.1, -0.05) is 26.0 Å². The van der Waals surface area contributed by atoms with E-state index in [2.05, 4.69) is 18.6 Å². The molecule has 0 spiro atoms. The van der Waals surface area contributed by atoms with E-state index in [0.29, 0.717) is 11.7 Å². The Morgan fingerprint density at radius 1 is 1.06 bits per heavy atom. The highest BCUT2D eigenvalue weighted by molar-refractivity contribution is 5.28. The minimum absolute atomic E-state index is 0.124. The second-order valence-electron chi connectivity index (χ2n) is 3.87. The SMILES string of the molecule is CC(C)c1ccc(OCCOC(F)(F)F)cc1. The molecule has 1 aromatic carbocycles. The third-order valence-corrected chi connectivity index (χ3v) is 2.16. The van der Waals surface area contributed by atoms with Crippen LogP contribution in [0.1, 0.15) is 25.3 Å². The summed E-state index contributed by atoms with van der Waals surface area (Å²) in [4.78, 5) is 0. The van der Waals surface area contributed by atoms with Gasteiger partial charge in [0.2, 0.25) is 0 Å². The quantitative estimate of drug-likeness (QED) is 0.739. The van der Waals surface area contributed by atoms with Crippen LogP contribution in [0.5, 0.6) is 5.75 Å². The summed E-state index contributed by atoms with van der Waals surface area (Å²) >= 11 is 0. The summed E-state index contributed by atoms with van der Waals surface area (Å²) in [6.07, 6.45) is -4.59. The van der Waals surface area contributed by atoms with Gasteiger partial charge in [0, 0.05) is 0 Å². The van der Waals surface area contributed by atoms with Crippen molar-refractivity contribution in [1.29, 1.82) is 0 Å². The number of ether oxygens (including phenoxy) is 2. The van der Waals surface area contributed by atoms with Gasteiger partial charge in [0.1, 0.15) is 12.4 Å². The van der Waals surface area contributed by atoms with E-state index in [0.717, 1.165) is 5.56 Å². The molecule has 0 N–H and O–H groups in total. The predicted octanol–water partition coefficient (Wildman–Crippen LogP) is 3.73. The van der Waals surface area contributed by atoms with Gasteiger partial charge in [0.25, 0.3) is 0 Å². The first-order valence-electron chi connectivity index (χ1n) is 5.32. The predicted molar refractivity (Wildman–Crippen MR) is 58.0 cm³/mol. The van der Waals surface area contributed by atoms with Crippen LogP contribution in [0.2, 0.25) is 0 Å². The van der Waals surface area contributed by atoms with Crippen LogP contribution in [0.15, 0.2) is 24.3 Å². The van der Waals surface area contributed by atoms with Gasteiger partial charge in [-0.3, -0.25) is 4.74 Å². The summed E-state index contributed by atoms with van der Waals surface area (Å²) in [5.74, 6) is 0.956. The topological polar surface area (TPSA) is 18.5 Å². The van der Waals surface area contributed by atoms with Crippen molar-refractivity contribution in [3.8, 4) is 5.75 Å². The fourth-order valence-electron chi connectivity index (χ4n) is 1.27. The van der Waals surface area contributed by atoms with Crippen LogP contribution in [0.4, 0.5) is 13.2 Å². The third-order valence-electron chi connectivity index (χ3n) is 2.16. The first kappa shape index (κ1) is 13.8. The van der Waals surface area contributed by atoms with E-state index in [1.807, 2.05) is 12.1 Å². The fourth-order valence-corrected chi connectivity index (χ4v) is 1.27. The van der Waals surface area contributed by atoms with E-state index in [1.165, 1.54) is 0 Å². The van der Waals surface area contributed by atoms with Crippen molar-refractivity contribution < 1.29 is 22.6 Å². The molecule has 0 aliphatic rings. The summed E-state index contributed by atoms with van der Waals surface area (Å²) in [6, 6.07) is 7.26. The Balaban J connectivity index is 2.33. The third kappa shape index (κ3) is 5.58. The Bertz CT molecular complexity index is 331. The van der Waals surface area contributed by atoms with Gasteiger partial charge in [-0.25, -0.2) is 0 Å². The maximum absolute atomic E-state index is 11.6. The molecule has 0 bridgehead atoms. The first-order valence-corrected chi connectivity index (χ1v) is 5.32. The van der Waals surface area contributed by atoms with Crippen molar-refractivity contribution in [2.45, 2.75) is 26.1 Å². The highest BCUT2D eigenvalue weighted by atomic mass is 19.4. The van der Waals surface area contributed by atoms with Gasteiger partial charge in [-0.15, -0.1) is 13.2 Å². The van der Waals surface area contributed by atoms with E-state index in [4.69, 9.17) is 4.74 Å². The minimum atomic E-state index is -4.59. The zero-order valence-electron chi connectivity index (χ0n) is 9.75. The second kappa shape index (κ2) is 5.91. The van der Waals surface area contributed by atoms with Crippen LogP contribution in [0.3, 0.4) is 0 Å². The van der Waals surface area contributed by atoms with Crippen molar-refractivity contribution in [3.63, 3.8) is 0 Å². The van der Waals surface area contributed by atoms with Gasteiger partial charge in [-0.05, 0) is 23.6 Å². The molecule has 0 fully saturated rings. The molecule has 0 saturated heterocycles. The Morgan fingerprint density at radius 3 is 2.12 bits per heavy atom. The lowest BCUT2D eigenvalue weighted by molar-refractivity contribution is -0.325. The van der Waals surface area contributed by atoms with E-state index >= 15 is 0 Å². The zero-order valence-corrected chi connectivity index (χ0v) is 9.75. The molecule has 0 heterocycles. The van der Waals surface area contributed by atoms with Gasteiger partial charge in [0.05, 0.1) is 6.61 Å². The summed E-state index contributed by atoms with van der Waals surface area (Å²) < 4.78 is 43.6. The van der Waals surface area contributed by atoms with E-state index in [-0.39, 0.29) is 6.61 Å². The van der Waals surface area contributed by atoms with Crippen LogP contribution >= 0.6 is 0 Å². The lowest BCUT2D eigenvalue weighted by atomic mass is 10.0. The van der Waals surface area contributed by atoms with Crippen molar-refractivity contribution >= 4 is 0 Å². The minimum Gasteiger partial charge on any atom is -0.491 e. The van der Waals surface area contributed by atoms with Crippen molar-refractivity contribution in [2.24, 2.45) is 0 Å². The molecule has 0 amide bonds. The number of alkyl halides is 3. The van der Waals surface area contributed by atoms with Gasteiger partial charge in [0.15, 0.2) is 0 Å². The number of hydrogen-bond donors (Lipinski definition) is 0. The van der Waals surface area contributed by atoms with E-state index in [9.17, 15) is 13.2 Å². The molecule has 0 aliphatic carbocycles. The van der Waals surface area contributed by atoms with Crippen LogP contribution in [-0.2, 0) is 4.74 Å². The highest BCUT2D eigenvalue weighted by Crippen LogP contribution is 2.19. The van der Waals surface area contributed by atoms with Crippen molar-refractivity contribution in [3.05, 3.63) is 29.8 Å². The zero-order chi connectivity index (χ0) is 12.9. The lowest BCUT2D eigenvalue weighted by Gasteiger charge is -2.10. The molecule has 1 aromatic rings. The molecule has 1 rings (SSSR count). The summed E-state index contributed by atoms with van der Waals surface area (Å²) in [5.41, 5.74) is 1.16. The molecule has 0 unspecified atom stereocenters. The Morgan fingerprint density at radius 2 is 1.65 bits per heavy atom. The molecule has 0 aliphatic heterocycles. The molecular weight excluding hydrogens is 233 g/mol. The molecule has 0 atom stereocenters. The number of hydrogen-bond acceptors (Lipinski definition) is 2. The summed E-state index contributed by atoms with van der Waals surface area (Å²) in [7, 11) is 0. The second-order valence-corrected chi connectivity index (χ2v) is 3.87. The smallest absolute Gasteiger partial charge is 0.491 e. The standard InChI is InChI=1S/C12H15F3O2/c1-9(2)10-3-5-11(6-4-10)16-7-8-17-12(13,14)15/h3-6,9H,7-8H2,1-2H3. The molecule has 2 nitrogen and oxygen atoms in total. The largest absolute Gasteiger partial charge is 0.522 e. The maximum Gasteiger partial charge on any atom is 0.522 e. The lowest BCUT2D eigenvalue weighted by Crippen LogP contribution is -2.18. The Hall–Kier alpha value is -1.23. The van der Waals surface area contributed by atoms with Crippen LogP contribution in [0, 0.1) is 0 Å². The monoisotopic (exact) mass is 248 g/mol. The summed E-state index contributed by atoms with van der Waals surface area (Å²) in [5, 5.41) is 0. The fraction of sp³-hybridized carbons (Fsp3) is 0.500. The van der Waals surface area contributed by atoms with E-state index in [1.54, 1.807) is 12.1 Å². The summed E-state index contributed by atoms with van der Waals surface area (Å²) in [6.45, 7) is 3.50. The van der Waals surface area contributed by atoms with Crippen LogP contribution < -0.4 is 4.74 Å². The molecule has 17 heavy (non-hydrogen) atoms. The Labute approximate surface area is 98.3 Å². The van der Waals surface area contributed by atoms with Gasteiger partial charge >= 0.3 is 6.36 Å². The Kier molecular flexibility index (Phi) is 4.81. The number of halogens is 3. The van der Waals surface area contributed by atoms with Crippen molar-refractivity contribution in [2.75, 3.05) is 13.2 Å². The maximum atomic E-state index is 11.6. The molecule has 0 radical (unpaired) electrons. The molecular formula is C12H15F3O2.